The lowest BCUT2D eigenvalue weighted by Crippen LogP contribution is -2.50. The summed E-state index contributed by atoms with van der Waals surface area (Å²) in [6, 6.07) is 8.76. The number of fused-ring (bicyclic) bond motifs is 3. The van der Waals surface area contributed by atoms with E-state index in [9.17, 15) is 4.79 Å². The molecule has 1 saturated heterocycles. The molecular formula is C35H42N6O3S. The van der Waals surface area contributed by atoms with E-state index in [-0.39, 0.29) is 12.1 Å². The van der Waals surface area contributed by atoms with Gasteiger partial charge in [0.15, 0.2) is 11.7 Å². The summed E-state index contributed by atoms with van der Waals surface area (Å²) in [5.74, 6) is 2.99. The molecule has 10 heteroatoms. The Labute approximate surface area is 268 Å². The second-order valence-corrected chi connectivity index (χ2v) is 15.4. The Balaban J connectivity index is 1.07. The number of carbonyl (C=O) groups excluding carboxylic acids is 1. The Kier molecular flexibility index (Phi) is 7.46. The molecule has 2 aliphatic heterocycles. The lowest BCUT2D eigenvalue weighted by atomic mass is 9.56. The molecule has 2 fully saturated rings. The number of piperidine rings is 1. The number of aryl methyl sites for hydroxylation is 2. The van der Waals surface area contributed by atoms with Crippen LogP contribution >= 0.6 is 11.3 Å². The van der Waals surface area contributed by atoms with Gasteiger partial charge in [-0.2, -0.15) is 0 Å². The maximum Gasteiger partial charge on any atom is 0.410 e. The lowest BCUT2D eigenvalue weighted by molar-refractivity contribution is -0.0269. The van der Waals surface area contributed by atoms with Crippen LogP contribution in [0.3, 0.4) is 0 Å². The molecular weight excluding hydrogens is 584 g/mol. The highest BCUT2D eigenvalue weighted by molar-refractivity contribution is 7.15. The van der Waals surface area contributed by atoms with Crippen molar-refractivity contribution >= 4 is 23.1 Å². The Hall–Kier alpha value is -3.79. The van der Waals surface area contributed by atoms with E-state index in [2.05, 4.69) is 57.9 Å². The number of nitrogens with zero attached hydrogens (tertiary/aromatic N) is 6. The molecule has 1 spiro atoms. The van der Waals surface area contributed by atoms with Crippen LogP contribution in [0.4, 0.5) is 4.79 Å². The predicted molar refractivity (Wildman–Crippen MR) is 174 cm³/mol. The van der Waals surface area contributed by atoms with Crippen molar-refractivity contribution in [2.24, 2.45) is 16.3 Å². The van der Waals surface area contributed by atoms with Gasteiger partial charge in [0, 0.05) is 29.1 Å². The lowest BCUT2D eigenvalue weighted by Gasteiger charge is -2.52. The van der Waals surface area contributed by atoms with Crippen LogP contribution in [-0.4, -0.2) is 55.1 Å². The zero-order chi connectivity index (χ0) is 31.5. The number of hydrogen-bond donors (Lipinski definition) is 0. The maximum atomic E-state index is 12.5. The number of carbonyl (C=O) groups is 1. The van der Waals surface area contributed by atoms with Crippen LogP contribution < -0.4 is 0 Å². The number of rotatable bonds is 5. The number of aliphatic imine (C=N–C) groups is 1. The molecule has 0 bridgehead atoms. The minimum Gasteiger partial charge on any atom is -0.449 e. The van der Waals surface area contributed by atoms with Gasteiger partial charge in [0.1, 0.15) is 28.7 Å². The molecule has 45 heavy (non-hydrogen) atoms. The fourth-order valence-corrected chi connectivity index (χ4v) is 8.60. The average Bonchev–Trinajstić information content (AvgIpc) is 3.68. The van der Waals surface area contributed by atoms with E-state index >= 15 is 0 Å². The number of hydrogen-bond acceptors (Lipinski definition) is 8. The molecule has 0 radical (unpaired) electrons. The Morgan fingerprint density at radius 3 is 2.47 bits per heavy atom. The van der Waals surface area contributed by atoms with Crippen molar-refractivity contribution in [1.29, 1.82) is 0 Å². The van der Waals surface area contributed by atoms with Gasteiger partial charge in [0.25, 0.3) is 0 Å². The van der Waals surface area contributed by atoms with Crippen LogP contribution in [0.1, 0.15) is 97.2 Å². The number of ether oxygens (including phenoxy) is 1. The van der Waals surface area contributed by atoms with Crippen molar-refractivity contribution in [2.45, 2.75) is 91.7 Å². The zero-order valence-corrected chi connectivity index (χ0v) is 27.9. The van der Waals surface area contributed by atoms with Gasteiger partial charge in [-0.05, 0) is 96.1 Å². The predicted octanol–water partition coefficient (Wildman–Crippen LogP) is 7.35. The first-order valence-electron chi connectivity index (χ1n) is 16.0. The van der Waals surface area contributed by atoms with E-state index in [0.717, 1.165) is 65.8 Å². The average molecular weight is 627 g/mol. The molecule has 5 heterocycles. The molecule has 1 amide bonds. The molecule has 1 unspecified atom stereocenters. The van der Waals surface area contributed by atoms with Gasteiger partial charge >= 0.3 is 6.09 Å². The van der Waals surface area contributed by atoms with Gasteiger partial charge in [-0.3, -0.25) is 9.56 Å². The van der Waals surface area contributed by atoms with Crippen molar-refractivity contribution in [1.82, 2.24) is 24.6 Å². The quantitative estimate of drug-likeness (QED) is 0.230. The molecule has 3 aromatic heterocycles. The van der Waals surface area contributed by atoms with Gasteiger partial charge in [-0.15, -0.1) is 21.5 Å². The summed E-state index contributed by atoms with van der Waals surface area (Å²) in [4.78, 5) is 25.4. The van der Waals surface area contributed by atoms with E-state index < -0.39 is 5.60 Å². The number of aromatic nitrogens is 4. The largest absolute Gasteiger partial charge is 0.449 e. The molecule has 3 aliphatic rings. The first-order chi connectivity index (χ1) is 21.5. The van der Waals surface area contributed by atoms with Crippen LogP contribution in [0.15, 0.2) is 46.1 Å². The van der Waals surface area contributed by atoms with Gasteiger partial charge in [0.05, 0.1) is 18.3 Å². The Morgan fingerprint density at radius 1 is 1.07 bits per heavy atom. The van der Waals surface area contributed by atoms with Crippen molar-refractivity contribution in [3.63, 3.8) is 0 Å². The minimum atomic E-state index is -0.450. The van der Waals surface area contributed by atoms with Crippen LogP contribution in [0.2, 0.25) is 0 Å². The van der Waals surface area contributed by atoms with Gasteiger partial charge in [0.2, 0.25) is 0 Å². The van der Waals surface area contributed by atoms with E-state index in [1.165, 1.54) is 28.8 Å². The van der Waals surface area contributed by atoms with E-state index in [0.29, 0.717) is 23.6 Å². The highest BCUT2D eigenvalue weighted by Crippen LogP contribution is 2.53. The normalized spacial score (nSPS) is 19.5. The standard InChI is InChI=1S/C35H42N6O3S/c1-21-22(2)45-32-29(21)30(37-27(18-28-36-13-16-43-28)31-39-38-23(3)41(31)32)26-9-7-24(8-10-26)17-25-19-35(20-25)11-14-40(15-12-35)33(42)44-34(4,5)6/h7-10,13,16,25,27H,11-12,14-15,17-20H2,1-6H3. The molecule has 0 N–H and O–H groups in total. The van der Waals surface area contributed by atoms with Crippen molar-refractivity contribution in [3.05, 3.63) is 81.4 Å². The van der Waals surface area contributed by atoms with Gasteiger partial charge in [-0.25, -0.2) is 9.78 Å². The molecule has 236 valence electrons. The van der Waals surface area contributed by atoms with Gasteiger partial charge in [-0.1, -0.05) is 24.3 Å². The third-order valence-electron chi connectivity index (χ3n) is 9.76. The number of oxazole rings is 1. The highest BCUT2D eigenvalue weighted by atomic mass is 32.1. The summed E-state index contributed by atoms with van der Waals surface area (Å²) in [6.07, 6.45) is 9.32. The Morgan fingerprint density at radius 2 is 1.80 bits per heavy atom. The van der Waals surface area contributed by atoms with Crippen molar-refractivity contribution in [3.8, 4) is 5.00 Å². The summed E-state index contributed by atoms with van der Waals surface area (Å²) in [6.45, 7) is 13.7. The van der Waals surface area contributed by atoms with E-state index in [1.54, 1.807) is 23.8 Å². The van der Waals surface area contributed by atoms with Crippen LogP contribution in [0, 0.1) is 32.1 Å². The first-order valence-corrected chi connectivity index (χ1v) is 16.9. The first kappa shape index (κ1) is 29.9. The van der Waals surface area contributed by atoms with Crippen molar-refractivity contribution < 1.29 is 13.9 Å². The third-order valence-corrected chi connectivity index (χ3v) is 11.0. The number of likely N-dealkylation sites (tertiary alicyclic amines) is 1. The topological polar surface area (TPSA) is 98.6 Å². The van der Waals surface area contributed by atoms with Crippen molar-refractivity contribution in [2.75, 3.05) is 13.1 Å². The van der Waals surface area contributed by atoms with Crippen LogP contribution in [-0.2, 0) is 17.6 Å². The number of thiophene rings is 1. The maximum absolute atomic E-state index is 12.5. The fraction of sp³-hybridized carbons (Fsp3) is 0.514. The summed E-state index contributed by atoms with van der Waals surface area (Å²) in [5, 5.41) is 10.1. The van der Waals surface area contributed by atoms with Crippen LogP contribution in [0.5, 0.6) is 0 Å². The van der Waals surface area contributed by atoms with E-state index in [1.807, 2.05) is 32.6 Å². The third kappa shape index (κ3) is 5.73. The second kappa shape index (κ2) is 11.2. The summed E-state index contributed by atoms with van der Waals surface area (Å²) in [7, 11) is 0. The Bertz CT molecular complexity index is 1730. The molecule has 4 aromatic rings. The summed E-state index contributed by atoms with van der Waals surface area (Å²) in [5.41, 5.74) is 5.79. The monoisotopic (exact) mass is 626 g/mol. The summed E-state index contributed by atoms with van der Waals surface area (Å²) < 4.78 is 13.4. The highest BCUT2D eigenvalue weighted by Gasteiger charge is 2.46. The number of amides is 1. The molecule has 7 rings (SSSR count). The summed E-state index contributed by atoms with van der Waals surface area (Å²) >= 11 is 1.77. The number of benzene rings is 1. The SMILES string of the molecule is Cc1sc2c(c1C)C(c1ccc(CC3CC4(CCN(C(=O)OC(C)(C)C)CC4)C3)cc1)=NC(Cc1ncco1)c1nnc(C)n1-2. The second-order valence-electron chi connectivity index (χ2n) is 14.2. The fourth-order valence-electron chi connectivity index (χ4n) is 7.38. The smallest absolute Gasteiger partial charge is 0.410 e. The molecule has 1 aromatic carbocycles. The van der Waals surface area contributed by atoms with Crippen LogP contribution in [0.25, 0.3) is 5.00 Å². The molecule has 1 atom stereocenters. The molecule has 9 nitrogen and oxygen atoms in total. The minimum absolute atomic E-state index is 0.174. The van der Waals surface area contributed by atoms with E-state index in [4.69, 9.17) is 14.1 Å². The zero-order valence-electron chi connectivity index (χ0n) is 27.1. The van der Waals surface area contributed by atoms with Gasteiger partial charge < -0.3 is 14.1 Å². The molecule has 1 saturated carbocycles. The molecule has 1 aliphatic carbocycles.